The Balaban J connectivity index is 2.24. The molecule has 0 aromatic heterocycles. The maximum absolute atomic E-state index is 13.2. The highest BCUT2D eigenvalue weighted by molar-refractivity contribution is 5.35. The Morgan fingerprint density at radius 3 is 2.72 bits per heavy atom. The molecule has 1 heterocycles. The lowest BCUT2D eigenvalue weighted by atomic mass is 10.0. The monoisotopic (exact) mass is 251 g/mol. The lowest BCUT2D eigenvalue weighted by Gasteiger charge is -2.33. The van der Waals surface area contributed by atoms with Crippen LogP contribution in [0.5, 0.6) is 0 Å². The molecule has 1 fully saturated rings. The molecule has 1 aromatic rings. The lowest BCUT2D eigenvalue weighted by Crippen LogP contribution is -2.45. The SMILES string of the molecule is N#Cc1cc([C@H](CF)N2CCNCC2)ccc1F. The van der Waals surface area contributed by atoms with Gasteiger partial charge in [0, 0.05) is 26.2 Å². The van der Waals surface area contributed by atoms with Crippen LogP contribution in [-0.4, -0.2) is 37.8 Å². The van der Waals surface area contributed by atoms with E-state index in [0.29, 0.717) is 5.56 Å². The molecule has 0 amide bonds. The van der Waals surface area contributed by atoms with E-state index in [-0.39, 0.29) is 11.6 Å². The standard InChI is InChI=1S/C13H15F2N3/c14-8-13(18-5-3-17-4-6-18)10-1-2-12(15)11(7-10)9-16/h1-2,7,13,17H,3-6,8H2/t13-/m0/s1. The van der Waals surface area contributed by atoms with E-state index in [4.69, 9.17) is 5.26 Å². The van der Waals surface area contributed by atoms with Crippen LogP contribution in [0.15, 0.2) is 18.2 Å². The minimum absolute atomic E-state index is 0.0268. The van der Waals surface area contributed by atoms with Gasteiger partial charge in [-0.25, -0.2) is 8.78 Å². The van der Waals surface area contributed by atoms with E-state index >= 15 is 0 Å². The number of nitrogens with one attached hydrogen (secondary N) is 1. The third-order valence-electron chi connectivity index (χ3n) is 3.23. The Morgan fingerprint density at radius 2 is 2.11 bits per heavy atom. The largest absolute Gasteiger partial charge is 0.314 e. The summed E-state index contributed by atoms with van der Waals surface area (Å²) in [6.45, 7) is 2.63. The average molecular weight is 251 g/mol. The van der Waals surface area contributed by atoms with Crippen molar-refractivity contribution in [2.24, 2.45) is 0 Å². The topological polar surface area (TPSA) is 39.1 Å². The van der Waals surface area contributed by atoms with Crippen molar-refractivity contribution in [1.82, 2.24) is 10.2 Å². The van der Waals surface area contributed by atoms with Gasteiger partial charge in [0.1, 0.15) is 18.6 Å². The fourth-order valence-corrected chi connectivity index (χ4v) is 2.23. The van der Waals surface area contributed by atoms with Crippen LogP contribution >= 0.6 is 0 Å². The molecular weight excluding hydrogens is 236 g/mol. The number of alkyl halides is 1. The van der Waals surface area contributed by atoms with Gasteiger partial charge in [0.15, 0.2) is 0 Å². The fourth-order valence-electron chi connectivity index (χ4n) is 2.23. The van der Waals surface area contributed by atoms with Crippen molar-refractivity contribution in [3.63, 3.8) is 0 Å². The first-order chi connectivity index (χ1) is 8.76. The Morgan fingerprint density at radius 1 is 1.39 bits per heavy atom. The highest BCUT2D eigenvalue weighted by Gasteiger charge is 2.22. The number of nitriles is 1. The van der Waals surface area contributed by atoms with Crippen LogP contribution < -0.4 is 5.32 Å². The molecule has 1 aromatic carbocycles. The molecule has 0 spiro atoms. The molecule has 1 aliphatic rings. The zero-order valence-corrected chi connectivity index (χ0v) is 10.00. The number of nitrogens with zero attached hydrogens (tertiary/aromatic N) is 2. The summed E-state index contributed by atoms with van der Waals surface area (Å²) in [6.07, 6.45) is 0. The van der Waals surface area contributed by atoms with Gasteiger partial charge < -0.3 is 5.32 Å². The molecule has 2 rings (SSSR count). The molecule has 18 heavy (non-hydrogen) atoms. The molecular formula is C13H15F2N3. The summed E-state index contributed by atoms with van der Waals surface area (Å²) in [5, 5.41) is 12.0. The zero-order valence-electron chi connectivity index (χ0n) is 10.00. The molecule has 1 saturated heterocycles. The maximum atomic E-state index is 13.2. The smallest absolute Gasteiger partial charge is 0.140 e. The van der Waals surface area contributed by atoms with Crippen LogP contribution in [0.25, 0.3) is 0 Å². The van der Waals surface area contributed by atoms with Crippen LogP contribution in [0.1, 0.15) is 17.2 Å². The number of hydrogen-bond donors (Lipinski definition) is 1. The van der Waals surface area contributed by atoms with Gasteiger partial charge in [0.25, 0.3) is 0 Å². The second-order valence-electron chi connectivity index (χ2n) is 4.31. The quantitative estimate of drug-likeness (QED) is 0.887. The van der Waals surface area contributed by atoms with E-state index in [1.54, 1.807) is 12.1 Å². The number of halogens is 2. The molecule has 0 unspecified atom stereocenters. The van der Waals surface area contributed by atoms with E-state index < -0.39 is 12.5 Å². The molecule has 1 aliphatic heterocycles. The van der Waals surface area contributed by atoms with Crippen molar-refractivity contribution in [2.45, 2.75) is 6.04 Å². The normalized spacial score (nSPS) is 18.3. The number of benzene rings is 1. The molecule has 5 heteroatoms. The molecule has 0 aliphatic carbocycles. The summed E-state index contributed by atoms with van der Waals surface area (Å²) in [5.74, 6) is -0.556. The predicted octanol–water partition coefficient (Wildman–Crippen LogP) is 1.61. The molecule has 0 saturated carbocycles. The highest BCUT2D eigenvalue weighted by Crippen LogP contribution is 2.23. The van der Waals surface area contributed by atoms with Gasteiger partial charge in [0.2, 0.25) is 0 Å². The molecule has 0 radical (unpaired) electrons. The third-order valence-corrected chi connectivity index (χ3v) is 3.23. The molecule has 0 bridgehead atoms. The van der Waals surface area contributed by atoms with E-state index in [0.717, 1.165) is 26.2 Å². The Kier molecular flexibility index (Phi) is 4.24. The molecule has 1 atom stereocenters. The average Bonchev–Trinajstić information content (AvgIpc) is 2.42. The predicted molar refractivity (Wildman–Crippen MR) is 64.3 cm³/mol. The molecule has 96 valence electrons. The Labute approximate surface area is 105 Å². The van der Waals surface area contributed by atoms with Crippen LogP contribution in [0.3, 0.4) is 0 Å². The second-order valence-corrected chi connectivity index (χ2v) is 4.31. The first-order valence-corrected chi connectivity index (χ1v) is 5.96. The van der Waals surface area contributed by atoms with E-state index in [9.17, 15) is 8.78 Å². The van der Waals surface area contributed by atoms with Crippen LogP contribution in [-0.2, 0) is 0 Å². The Hall–Kier alpha value is -1.51. The van der Waals surface area contributed by atoms with E-state index in [1.165, 1.54) is 12.1 Å². The lowest BCUT2D eigenvalue weighted by molar-refractivity contribution is 0.147. The van der Waals surface area contributed by atoms with Crippen molar-refractivity contribution in [3.05, 3.63) is 35.1 Å². The Bertz CT molecular complexity index is 450. The van der Waals surface area contributed by atoms with Crippen LogP contribution in [0.4, 0.5) is 8.78 Å². The van der Waals surface area contributed by atoms with Crippen molar-refractivity contribution in [2.75, 3.05) is 32.9 Å². The number of piperazine rings is 1. The van der Waals surface area contributed by atoms with Gasteiger partial charge >= 0.3 is 0 Å². The maximum Gasteiger partial charge on any atom is 0.140 e. The molecule has 3 nitrogen and oxygen atoms in total. The summed E-state index contributed by atoms with van der Waals surface area (Å²) in [7, 11) is 0. The third kappa shape index (κ3) is 2.66. The summed E-state index contributed by atoms with van der Waals surface area (Å²) < 4.78 is 26.5. The van der Waals surface area contributed by atoms with Crippen LogP contribution in [0, 0.1) is 17.1 Å². The van der Waals surface area contributed by atoms with Crippen LogP contribution in [0.2, 0.25) is 0 Å². The first-order valence-electron chi connectivity index (χ1n) is 5.96. The van der Waals surface area contributed by atoms with Crippen molar-refractivity contribution < 1.29 is 8.78 Å². The summed E-state index contributed by atoms with van der Waals surface area (Å²) in [5.41, 5.74) is 0.637. The van der Waals surface area contributed by atoms with Crippen molar-refractivity contribution in [1.29, 1.82) is 5.26 Å². The fraction of sp³-hybridized carbons (Fsp3) is 0.462. The molecule has 1 N–H and O–H groups in total. The van der Waals surface area contributed by atoms with Gasteiger partial charge in [-0.1, -0.05) is 6.07 Å². The summed E-state index contributed by atoms with van der Waals surface area (Å²) >= 11 is 0. The summed E-state index contributed by atoms with van der Waals surface area (Å²) in [6, 6.07) is 5.64. The number of rotatable bonds is 3. The van der Waals surface area contributed by atoms with E-state index in [1.807, 2.05) is 4.90 Å². The van der Waals surface area contributed by atoms with Gasteiger partial charge in [0.05, 0.1) is 11.6 Å². The second kappa shape index (κ2) is 5.89. The first kappa shape index (κ1) is 12.9. The minimum atomic E-state index is -0.556. The van der Waals surface area contributed by atoms with Gasteiger partial charge in [-0.15, -0.1) is 0 Å². The summed E-state index contributed by atoms with van der Waals surface area (Å²) in [4.78, 5) is 2.02. The number of hydrogen-bond acceptors (Lipinski definition) is 3. The van der Waals surface area contributed by atoms with Gasteiger partial charge in [-0.3, -0.25) is 4.90 Å². The minimum Gasteiger partial charge on any atom is -0.314 e. The van der Waals surface area contributed by atoms with E-state index in [2.05, 4.69) is 5.32 Å². The van der Waals surface area contributed by atoms with Gasteiger partial charge in [-0.05, 0) is 17.7 Å². The van der Waals surface area contributed by atoms with Gasteiger partial charge in [-0.2, -0.15) is 5.26 Å². The highest BCUT2D eigenvalue weighted by atomic mass is 19.1. The zero-order chi connectivity index (χ0) is 13.0. The van der Waals surface area contributed by atoms with Crippen molar-refractivity contribution in [3.8, 4) is 6.07 Å². The van der Waals surface area contributed by atoms with Crippen molar-refractivity contribution >= 4 is 0 Å².